The normalized spacial score (nSPS) is 17.6. The largest absolute Gasteiger partial charge is 0.399 e. The van der Waals surface area contributed by atoms with E-state index >= 15 is 0 Å². The van der Waals surface area contributed by atoms with E-state index in [1.807, 2.05) is 0 Å². The summed E-state index contributed by atoms with van der Waals surface area (Å²) in [6, 6.07) is 4.50. The van der Waals surface area contributed by atoms with Crippen LogP contribution in [0.2, 0.25) is 0 Å². The third-order valence-corrected chi connectivity index (χ3v) is 2.63. The van der Waals surface area contributed by atoms with Crippen molar-refractivity contribution in [3.63, 3.8) is 0 Å². The molecule has 0 unspecified atom stereocenters. The molecule has 0 aliphatic carbocycles. The van der Waals surface area contributed by atoms with Crippen LogP contribution in [0.3, 0.4) is 0 Å². The summed E-state index contributed by atoms with van der Waals surface area (Å²) in [5.41, 5.74) is 6.77. The molecule has 1 heterocycles. The van der Waals surface area contributed by atoms with Crippen molar-refractivity contribution < 1.29 is 13.9 Å². The Morgan fingerprint density at radius 3 is 2.75 bits per heavy atom. The summed E-state index contributed by atoms with van der Waals surface area (Å²) < 4.78 is 23.9. The third kappa shape index (κ3) is 3.18. The Bertz CT molecular complexity index is 331. The highest BCUT2D eigenvalue weighted by Gasteiger charge is 2.14. The smallest absolute Gasteiger partial charge is 0.125 e. The van der Waals surface area contributed by atoms with Gasteiger partial charge in [-0.15, -0.1) is 0 Å². The molecule has 0 atom stereocenters. The van der Waals surface area contributed by atoms with E-state index in [2.05, 4.69) is 0 Å². The maximum atomic E-state index is 13.0. The van der Waals surface area contributed by atoms with E-state index < -0.39 is 0 Å². The molecule has 16 heavy (non-hydrogen) atoms. The van der Waals surface area contributed by atoms with Crippen molar-refractivity contribution in [3.8, 4) is 0 Å². The highest BCUT2D eigenvalue weighted by Crippen LogP contribution is 2.16. The number of hydrogen-bond acceptors (Lipinski definition) is 3. The lowest BCUT2D eigenvalue weighted by molar-refractivity contribution is -0.0391. The number of halogens is 1. The molecular weight excluding hydrogens is 209 g/mol. The van der Waals surface area contributed by atoms with Gasteiger partial charge in [0.2, 0.25) is 0 Å². The van der Waals surface area contributed by atoms with Gasteiger partial charge in [-0.25, -0.2) is 4.39 Å². The zero-order valence-electron chi connectivity index (χ0n) is 9.12. The van der Waals surface area contributed by atoms with Crippen molar-refractivity contribution >= 4 is 5.69 Å². The second-order valence-corrected chi connectivity index (χ2v) is 4.02. The quantitative estimate of drug-likeness (QED) is 0.801. The van der Waals surface area contributed by atoms with Crippen molar-refractivity contribution in [2.75, 3.05) is 18.9 Å². The molecule has 0 radical (unpaired) electrons. The Morgan fingerprint density at radius 1 is 1.31 bits per heavy atom. The van der Waals surface area contributed by atoms with Gasteiger partial charge in [-0.05, 0) is 36.6 Å². The minimum Gasteiger partial charge on any atom is -0.399 e. The predicted molar refractivity (Wildman–Crippen MR) is 59.4 cm³/mol. The SMILES string of the molecule is Nc1cc(F)cc(COC2CCOCC2)c1. The first-order valence-corrected chi connectivity index (χ1v) is 5.48. The average Bonchev–Trinajstić information content (AvgIpc) is 2.27. The number of rotatable bonds is 3. The average molecular weight is 225 g/mol. The Kier molecular flexibility index (Phi) is 3.74. The molecule has 1 aliphatic heterocycles. The lowest BCUT2D eigenvalue weighted by Crippen LogP contribution is -2.23. The molecule has 1 aromatic rings. The molecule has 88 valence electrons. The summed E-state index contributed by atoms with van der Waals surface area (Å²) in [6.07, 6.45) is 2.04. The molecule has 4 heteroatoms. The molecule has 1 fully saturated rings. The van der Waals surface area contributed by atoms with Crippen molar-refractivity contribution in [2.24, 2.45) is 0 Å². The van der Waals surface area contributed by atoms with Crippen LogP contribution in [-0.4, -0.2) is 19.3 Å². The minimum atomic E-state index is -0.314. The predicted octanol–water partition coefficient (Wildman–Crippen LogP) is 2.10. The van der Waals surface area contributed by atoms with Gasteiger partial charge in [0.25, 0.3) is 0 Å². The summed E-state index contributed by atoms with van der Waals surface area (Å²) in [5, 5.41) is 0. The summed E-state index contributed by atoms with van der Waals surface area (Å²) in [5.74, 6) is -0.314. The summed E-state index contributed by atoms with van der Waals surface area (Å²) in [6.45, 7) is 1.90. The van der Waals surface area contributed by atoms with Gasteiger partial charge in [-0.3, -0.25) is 0 Å². The number of nitrogens with two attached hydrogens (primary N) is 1. The van der Waals surface area contributed by atoms with Gasteiger partial charge in [0, 0.05) is 18.9 Å². The van der Waals surface area contributed by atoms with Crippen LogP contribution in [-0.2, 0) is 16.1 Å². The first kappa shape index (κ1) is 11.4. The number of nitrogen functional groups attached to an aromatic ring is 1. The standard InChI is InChI=1S/C12H16FNO2/c13-10-5-9(6-11(14)7-10)8-16-12-1-3-15-4-2-12/h5-7,12H,1-4,8,14H2. The summed E-state index contributed by atoms with van der Waals surface area (Å²) in [7, 11) is 0. The van der Waals surface area contributed by atoms with Crippen LogP contribution in [0.1, 0.15) is 18.4 Å². The van der Waals surface area contributed by atoms with E-state index in [0.717, 1.165) is 31.6 Å². The number of anilines is 1. The Balaban J connectivity index is 1.88. The van der Waals surface area contributed by atoms with E-state index in [0.29, 0.717) is 12.3 Å². The fourth-order valence-electron chi connectivity index (χ4n) is 1.82. The second kappa shape index (κ2) is 5.27. The highest BCUT2D eigenvalue weighted by atomic mass is 19.1. The zero-order valence-corrected chi connectivity index (χ0v) is 9.12. The van der Waals surface area contributed by atoms with Crippen LogP contribution in [0.15, 0.2) is 18.2 Å². The van der Waals surface area contributed by atoms with Gasteiger partial charge < -0.3 is 15.2 Å². The van der Waals surface area contributed by atoms with Crippen LogP contribution in [0, 0.1) is 5.82 Å². The summed E-state index contributed by atoms with van der Waals surface area (Å²) >= 11 is 0. The first-order chi connectivity index (χ1) is 7.74. The Hall–Kier alpha value is -1.13. The molecule has 2 rings (SSSR count). The van der Waals surface area contributed by atoms with Crippen LogP contribution in [0.25, 0.3) is 0 Å². The van der Waals surface area contributed by atoms with E-state index in [9.17, 15) is 4.39 Å². The van der Waals surface area contributed by atoms with Gasteiger partial charge in [-0.1, -0.05) is 0 Å². The lowest BCUT2D eigenvalue weighted by atomic mass is 10.1. The third-order valence-electron chi connectivity index (χ3n) is 2.63. The molecule has 1 aliphatic rings. The molecule has 1 saturated heterocycles. The fourth-order valence-corrected chi connectivity index (χ4v) is 1.82. The lowest BCUT2D eigenvalue weighted by Gasteiger charge is -2.22. The van der Waals surface area contributed by atoms with Crippen LogP contribution in [0.5, 0.6) is 0 Å². The second-order valence-electron chi connectivity index (χ2n) is 4.02. The monoisotopic (exact) mass is 225 g/mol. The zero-order chi connectivity index (χ0) is 11.4. The van der Waals surface area contributed by atoms with Crippen LogP contribution >= 0.6 is 0 Å². The van der Waals surface area contributed by atoms with Crippen molar-refractivity contribution in [1.29, 1.82) is 0 Å². The van der Waals surface area contributed by atoms with Gasteiger partial charge in [0.15, 0.2) is 0 Å². The Morgan fingerprint density at radius 2 is 2.06 bits per heavy atom. The molecule has 0 amide bonds. The number of ether oxygens (including phenoxy) is 2. The molecule has 0 spiro atoms. The molecule has 0 aromatic heterocycles. The van der Waals surface area contributed by atoms with E-state index in [4.69, 9.17) is 15.2 Å². The molecular formula is C12H16FNO2. The first-order valence-electron chi connectivity index (χ1n) is 5.48. The minimum absolute atomic E-state index is 0.221. The number of benzene rings is 1. The van der Waals surface area contributed by atoms with Gasteiger partial charge in [0.05, 0.1) is 12.7 Å². The molecule has 2 N–H and O–H groups in total. The van der Waals surface area contributed by atoms with Crippen molar-refractivity contribution in [3.05, 3.63) is 29.6 Å². The fraction of sp³-hybridized carbons (Fsp3) is 0.500. The summed E-state index contributed by atoms with van der Waals surface area (Å²) in [4.78, 5) is 0. The maximum absolute atomic E-state index is 13.0. The van der Waals surface area contributed by atoms with Crippen LogP contribution in [0.4, 0.5) is 10.1 Å². The maximum Gasteiger partial charge on any atom is 0.125 e. The van der Waals surface area contributed by atoms with E-state index in [-0.39, 0.29) is 11.9 Å². The molecule has 3 nitrogen and oxygen atoms in total. The van der Waals surface area contributed by atoms with E-state index in [1.165, 1.54) is 12.1 Å². The van der Waals surface area contributed by atoms with Crippen LogP contribution < -0.4 is 5.73 Å². The van der Waals surface area contributed by atoms with E-state index in [1.54, 1.807) is 6.07 Å². The molecule has 1 aromatic carbocycles. The highest BCUT2D eigenvalue weighted by molar-refractivity contribution is 5.41. The van der Waals surface area contributed by atoms with Crippen molar-refractivity contribution in [1.82, 2.24) is 0 Å². The van der Waals surface area contributed by atoms with Gasteiger partial charge in [0.1, 0.15) is 5.82 Å². The van der Waals surface area contributed by atoms with Gasteiger partial charge >= 0.3 is 0 Å². The van der Waals surface area contributed by atoms with Crippen molar-refractivity contribution in [2.45, 2.75) is 25.6 Å². The molecule has 0 bridgehead atoms. The topological polar surface area (TPSA) is 44.5 Å². The van der Waals surface area contributed by atoms with Gasteiger partial charge in [-0.2, -0.15) is 0 Å². The number of hydrogen-bond donors (Lipinski definition) is 1. The Labute approximate surface area is 94.3 Å². The molecule has 0 saturated carbocycles.